The molecule has 2 nitrogen and oxygen atoms in total. The molecular formula is C13H16N2. The molecule has 0 N–H and O–H groups in total. The summed E-state index contributed by atoms with van der Waals surface area (Å²) < 4.78 is 0. The fourth-order valence-corrected chi connectivity index (χ4v) is 1.75. The molecular weight excluding hydrogens is 184 g/mol. The maximum absolute atomic E-state index is 4.42. The van der Waals surface area contributed by atoms with Crippen molar-refractivity contribution in [3.8, 4) is 0 Å². The van der Waals surface area contributed by atoms with Crippen molar-refractivity contribution in [3.63, 3.8) is 0 Å². The van der Waals surface area contributed by atoms with Crippen LogP contribution >= 0.6 is 0 Å². The second-order valence-corrected chi connectivity index (χ2v) is 4.10. The van der Waals surface area contributed by atoms with E-state index in [2.05, 4.69) is 42.9 Å². The summed E-state index contributed by atoms with van der Waals surface area (Å²) in [5.41, 5.74) is 3.49. The molecule has 0 saturated heterocycles. The van der Waals surface area contributed by atoms with Gasteiger partial charge in [-0.3, -0.25) is 9.97 Å². The lowest BCUT2D eigenvalue weighted by Crippen LogP contribution is -1.94. The average Bonchev–Trinajstić information content (AvgIpc) is 2.27. The molecule has 2 aromatic heterocycles. The Morgan fingerprint density at radius 1 is 1.27 bits per heavy atom. The molecule has 0 fully saturated rings. The Morgan fingerprint density at radius 2 is 2.07 bits per heavy atom. The minimum atomic E-state index is 0.472. The van der Waals surface area contributed by atoms with Crippen LogP contribution in [0.1, 0.15) is 37.9 Å². The predicted octanol–water partition coefficient (Wildman–Crippen LogP) is 3.32. The monoisotopic (exact) mass is 200 g/mol. The smallest absolute Gasteiger partial charge is 0.0888 e. The summed E-state index contributed by atoms with van der Waals surface area (Å²) in [6.07, 6.45) is 4.78. The third-order valence-electron chi connectivity index (χ3n) is 2.71. The van der Waals surface area contributed by atoms with E-state index in [0.29, 0.717) is 5.92 Å². The molecule has 2 aromatic rings. The van der Waals surface area contributed by atoms with E-state index >= 15 is 0 Å². The highest BCUT2D eigenvalue weighted by Gasteiger charge is 2.05. The van der Waals surface area contributed by atoms with Crippen molar-refractivity contribution in [2.24, 2.45) is 0 Å². The van der Waals surface area contributed by atoms with Gasteiger partial charge < -0.3 is 0 Å². The molecule has 15 heavy (non-hydrogen) atoms. The van der Waals surface area contributed by atoms with Crippen molar-refractivity contribution < 1.29 is 0 Å². The van der Waals surface area contributed by atoms with Crippen LogP contribution in [0.15, 0.2) is 24.5 Å². The average molecular weight is 200 g/mol. The Balaban J connectivity index is 2.67. The third-order valence-corrected chi connectivity index (χ3v) is 2.71. The topological polar surface area (TPSA) is 25.8 Å². The molecule has 0 atom stereocenters. The molecule has 0 saturated carbocycles. The fraction of sp³-hybridized carbons (Fsp3) is 0.385. The van der Waals surface area contributed by atoms with E-state index in [-0.39, 0.29) is 0 Å². The second-order valence-electron chi connectivity index (χ2n) is 4.10. The first-order valence-corrected chi connectivity index (χ1v) is 5.46. The van der Waals surface area contributed by atoms with Gasteiger partial charge in [0.05, 0.1) is 11.7 Å². The molecule has 0 aliphatic rings. The predicted molar refractivity (Wildman–Crippen MR) is 63.0 cm³/mol. The summed E-state index contributed by atoms with van der Waals surface area (Å²) in [5.74, 6) is 0.472. The molecule has 0 radical (unpaired) electrons. The van der Waals surface area contributed by atoms with Crippen LogP contribution in [0.5, 0.6) is 0 Å². The second kappa shape index (κ2) is 3.97. The molecule has 2 heteroatoms. The molecule has 0 aromatic carbocycles. The highest BCUT2D eigenvalue weighted by atomic mass is 14.7. The Morgan fingerprint density at radius 3 is 2.73 bits per heavy atom. The van der Waals surface area contributed by atoms with Crippen molar-refractivity contribution >= 4 is 10.9 Å². The van der Waals surface area contributed by atoms with E-state index in [0.717, 1.165) is 17.6 Å². The van der Waals surface area contributed by atoms with Crippen LogP contribution in [0, 0.1) is 0 Å². The van der Waals surface area contributed by atoms with Gasteiger partial charge in [-0.05, 0) is 30.0 Å². The number of rotatable bonds is 2. The summed E-state index contributed by atoms with van der Waals surface area (Å²) in [4.78, 5) is 8.75. The van der Waals surface area contributed by atoms with Gasteiger partial charge in [0.15, 0.2) is 0 Å². The van der Waals surface area contributed by atoms with Crippen LogP contribution in [0.3, 0.4) is 0 Å². The van der Waals surface area contributed by atoms with Crippen LogP contribution in [-0.2, 0) is 6.42 Å². The minimum absolute atomic E-state index is 0.472. The minimum Gasteiger partial charge on any atom is -0.259 e. The number of nitrogens with zero attached hydrogens (tertiary/aromatic N) is 2. The molecule has 0 bridgehead atoms. The van der Waals surface area contributed by atoms with Gasteiger partial charge in [-0.15, -0.1) is 0 Å². The van der Waals surface area contributed by atoms with E-state index in [1.54, 1.807) is 0 Å². The zero-order valence-electron chi connectivity index (χ0n) is 9.49. The first kappa shape index (κ1) is 10.1. The van der Waals surface area contributed by atoms with Crippen molar-refractivity contribution in [2.75, 3.05) is 0 Å². The number of fused-ring (bicyclic) bond motifs is 1. The van der Waals surface area contributed by atoms with Gasteiger partial charge >= 0.3 is 0 Å². The molecule has 0 aliphatic carbocycles. The lowest BCUT2D eigenvalue weighted by Gasteiger charge is -2.07. The number of hydrogen-bond acceptors (Lipinski definition) is 2. The maximum Gasteiger partial charge on any atom is 0.0888 e. The highest BCUT2D eigenvalue weighted by molar-refractivity contribution is 5.81. The summed E-state index contributed by atoms with van der Waals surface area (Å²) in [6.45, 7) is 6.50. The Hall–Kier alpha value is -1.44. The first-order valence-electron chi connectivity index (χ1n) is 5.46. The van der Waals surface area contributed by atoms with Gasteiger partial charge in [0.25, 0.3) is 0 Å². The zero-order chi connectivity index (χ0) is 10.8. The van der Waals surface area contributed by atoms with Crippen LogP contribution in [0.25, 0.3) is 10.9 Å². The van der Waals surface area contributed by atoms with Crippen molar-refractivity contribution in [3.05, 3.63) is 35.8 Å². The summed E-state index contributed by atoms with van der Waals surface area (Å²) in [6, 6.07) is 4.26. The molecule has 0 spiro atoms. The summed E-state index contributed by atoms with van der Waals surface area (Å²) in [5, 5.41) is 1.25. The fourth-order valence-electron chi connectivity index (χ4n) is 1.75. The number of hydrogen-bond donors (Lipinski definition) is 0. The molecule has 0 amide bonds. The maximum atomic E-state index is 4.42. The Bertz CT molecular complexity index is 475. The van der Waals surface area contributed by atoms with E-state index in [9.17, 15) is 0 Å². The quantitative estimate of drug-likeness (QED) is 0.743. The lowest BCUT2D eigenvalue weighted by molar-refractivity contribution is 0.825. The highest BCUT2D eigenvalue weighted by Crippen LogP contribution is 2.20. The molecule has 2 rings (SSSR count). The van der Waals surface area contributed by atoms with Crippen LogP contribution < -0.4 is 0 Å². The van der Waals surface area contributed by atoms with Crippen molar-refractivity contribution in [2.45, 2.75) is 33.1 Å². The van der Waals surface area contributed by atoms with Gasteiger partial charge in [0.1, 0.15) is 0 Å². The standard InChI is InChI=1S/C13H16N2/c1-4-10-5-6-14-13-8-15-12(9(2)3)7-11(10)13/h5-9H,4H2,1-3H3. The number of aryl methyl sites for hydroxylation is 1. The Labute approximate surface area is 90.4 Å². The summed E-state index contributed by atoms with van der Waals surface area (Å²) in [7, 11) is 0. The van der Waals surface area contributed by atoms with Gasteiger partial charge in [0.2, 0.25) is 0 Å². The molecule has 0 unspecified atom stereocenters. The SMILES string of the molecule is CCc1ccnc2cnc(C(C)C)cc12. The van der Waals surface area contributed by atoms with E-state index in [1.165, 1.54) is 10.9 Å². The lowest BCUT2D eigenvalue weighted by atomic mass is 10.0. The van der Waals surface area contributed by atoms with E-state index in [4.69, 9.17) is 0 Å². The van der Waals surface area contributed by atoms with Crippen LogP contribution in [0.4, 0.5) is 0 Å². The van der Waals surface area contributed by atoms with Crippen LogP contribution in [0.2, 0.25) is 0 Å². The normalized spacial score (nSPS) is 11.2. The first-order chi connectivity index (χ1) is 7.22. The van der Waals surface area contributed by atoms with Crippen LogP contribution in [-0.4, -0.2) is 9.97 Å². The Kier molecular flexibility index (Phi) is 2.67. The third kappa shape index (κ3) is 1.84. The van der Waals surface area contributed by atoms with Gasteiger partial charge in [-0.1, -0.05) is 20.8 Å². The zero-order valence-corrected chi connectivity index (χ0v) is 9.49. The molecule has 2 heterocycles. The van der Waals surface area contributed by atoms with Crippen molar-refractivity contribution in [1.82, 2.24) is 9.97 Å². The number of pyridine rings is 2. The molecule has 78 valence electrons. The van der Waals surface area contributed by atoms with Gasteiger partial charge in [-0.25, -0.2) is 0 Å². The van der Waals surface area contributed by atoms with Gasteiger partial charge in [0, 0.05) is 17.3 Å². The van der Waals surface area contributed by atoms with E-state index < -0.39 is 0 Å². The van der Waals surface area contributed by atoms with E-state index in [1.807, 2.05) is 12.4 Å². The molecule has 0 aliphatic heterocycles. The van der Waals surface area contributed by atoms with Crippen molar-refractivity contribution in [1.29, 1.82) is 0 Å². The van der Waals surface area contributed by atoms with Gasteiger partial charge in [-0.2, -0.15) is 0 Å². The largest absolute Gasteiger partial charge is 0.259 e. The summed E-state index contributed by atoms with van der Waals surface area (Å²) >= 11 is 0. The number of aromatic nitrogens is 2.